The Morgan fingerprint density at radius 3 is 2.65 bits per heavy atom. The van der Waals surface area contributed by atoms with Crippen LogP contribution in [0, 0.1) is 5.41 Å². The number of H-pyrrole nitrogens is 1. The average molecular weight is 591 g/mol. The Kier molecular flexibility index (Phi) is 7.52. The molecule has 0 saturated heterocycles. The molecule has 1 aliphatic heterocycles. The van der Waals surface area contributed by atoms with Gasteiger partial charge in [-0.25, -0.2) is 4.98 Å². The molecule has 2 heterocycles. The van der Waals surface area contributed by atoms with Crippen LogP contribution in [0.4, 0.5) is 11.4 Å². The Bertz CT molecular complexity index is 1690. The van der Waals surface area contributed by atoms with Gasteiger partial charge in [0.05, 0.1) is 22.3 Å². The van der Waals surface area contributed by atoms with Crippen LogP contribution in [0.5, 0.6) is 0 Å². The number of aromatic nitrogens is 2. The van der Waals surface area contributed by atoms with E-state index in [1.807, 2.05) is 36.5 Å². The van der Waals surface area contributed by atoms with E-state index in [1.165, 1.54) is 28.8 Å². The van der Waals surface area contributed by atoms with E-state index in [2.05, 4.69) is 69.6 Å². The molecule has 0 amide bonds. The van der Waals surface area contributed by atoms with Gasteiger partial charge in [-0.1, -0.05) is 73.5 Å². The Labute approximate surface area is 259 Å². The van der Waals surface area contributed by atoms with Crippen molar-refractivity contribution >= 4 is 23.0 Å². The number of nitrogens with zero attached hydrogens (tertiary/aromatic N) is 2. The van der Waals surface area contributed by atoms with E-state index in [-0.39, 0.29) is 5.41 Å². The molecule has 43 heavy (non-hydrogen) atoms. The van der Waals surface area contributed by atoms with E-state index in [9.17, 15) is 5.11 Å². The lowest BCUT2D eigenvalue weighted by Gasteiger charge is -2.38. The molecular formula is C37H39ClN4O. The van der Waals surface area contributed by atoms with E-state index < -0.39 is 0 Å². The Morgan fingerprint density at radius 1 is 1.07 bits per heavy atom. The minimum Gasteiger partial charge on any atom is -0.511 e. The summed E-state index contributed by atoms with van der Waals surface area (Å²) >= 11 is 6.66. The van der Waals surface area contributed by atoms with Crippen molar-refractivity contribution in [2.45, 2.75) is 64.8 Å². The number of aromatic amines is 1. The quantitative estimate of drug-likeness (QED) is 0.170. The van der Waals surface area contributed by atoms with E-state index in [0.29, 0.717) is 10.8 Å². The first-order valence-electron chi connectivity index (χ1n) is 15.7. The number of benzene rings is 3. The normalized spacial score (nSPS) is 17.3. The first-order chi connectivity index (χ1) is 21.1. The topological polar surface area (TPSA) is 64.2 Å². The number of nitrogens with one attached hydrogen (secondary N) is 2. The third kappa shape index (κ3) is 5.36. The van der Waals surface area contributed by atoms with Gasteiger partial charge in [-0.05, 0) is 91.5 Å². The lowest BCUT2D eigenvalue weighted by molar-refractivity contribution is 0.240. The highest BCUT2D eigenvalue weighted by molar-refractivity contribution is 6.33. The summed E-state index contributed by atoms with van der Waals surface area (Å²) in [5, 5.41) is 15.7. The van der Waals surface area contributed by atoms with Crippen LogP contribution in [0.25, 0.3) is 22.6 Å². The summed E-state index contributed by atoms with van der Waals surface area (Å²) in [6.45, 7) is 4.05. The summed E-state index contributed by atoms with van der Waals surface area (Å²) in [5.41, 5.74) is 10.2. The number of rotatable bonds is 9. The van der Waals surface area contributed by atoms with Crippen molar-refractivity contribution in [3.8, 4) is 22.6 Å². The second kappa shape index (κ2) is 11.6. The minimum atomic E-state index is -0.149. The molecule has 0 unspecified atom stereocenters. The molecule has 2 aliphatic carbocycles. The number of unbranched alkanes of at least 4 members (excludes halogenated alkanes) is 1. The fourth-order valence-corrected chi connectivity index (χ4v) is 6.88. The summed E-state index contributed by atoms with van der Waals surface area (Å²) in [4.78, 5) is 10.6. The molecule has 0 atom stereocenters. The molecular weight excluding hydrogens is 552 g/mol. The number of hydrogen-bond acceptors (Lipinski definition) is 4. The maximum atomic E-state index is 11.3. The molecule has 0 bridgehead atoms. The molecule has 2 fully saturated rings. The number of aliphatic hydroxyl groups excluding tert-OH is 1. The SMILES string of the molecule is CCC/C=C(\N1CCc2c(cccc2Nc2ccc(Cl)c(-c3ncc(-c4ccccc4)[nH]3)c2)C1)C1(C(O)=C2CCC2)CC1. The fourth-order valence-electron chi connectivity index (χ4n) is 6.67. The standard InChI is InChI=1S/C37H39ClN4O/c1-2-3-15-34(37(19-20-37)35(43)26-11-7-12-26)42-21-18-29-27(24-42)13-8-14-32(29)40-28-16-17-31(38)30(22-28)36-39-23-33(41-36)25-9-5-4-6-10-25/h4-6,8-10,13-17,22-23,40,43H,2-3,7,11-12,18-21,24H2,1H3,(H,39,41)/b34-15-. The van der Waals surface area contributed by atoms with Gasteiger partial charge in [0.2, 0.25) is 0 Å². The van der Waals surface area contributed by atoms with Gasteiger partial charge < -0.3 is 20.3 Å². The van der Waals surface area contributed by atoms with Gasteiger partial charge in [-0.15, -0.1) is 0 Å². The molecule has 3 aromatic carbocycles. The van der Waals surface area contributed by atoms with Gasteiger partial charge in [0.15, 0.2) is 0 Å². The van der Waals surface area contributed by atoms with Crippen LogP contribution in [0.2, 0.25) is 5.02 Å². The Morgan fingerprint density at radius 2 is 1.91 bits per heavy atom. The number of allylic oxidation sites excluding steroid dienone is 2. The summed E-state index contributed by atoms with van der Waals surface area (Å²) in [5.74, 6) is 1.44. The molecule has 5 nitrogen and oxygen atoms in total. The summed E-state index contributed by atoms with van der Waals surface area (Å²) in [6.07, 6.45) is 12.8. The Balaban J connectivity index is 1.13. The zero-order chi connectivity index (χ0) is 29.4. The van der Waals surface area contributed by atoms with Crippen molar-refractivity contribution in [3.05, 3.63) is 112 Å². The monoisotopic (exact) mass is 590 g/mol. The van der Waals surface area contributed by atoms with E-state index >= 15 is 0 Å². The van der Waals surface area contributed by atoms with Gasteiger partial charge in [-0.2, -0.15) is 0 Å². The molecule has 6 heteroatoms. The molecule has 3 aliphatic rings. The minimum absolute atomic E-state index is 0.149. The van der Waals surface area contributed by atoms with Crippen LogP contribution in [0.1, 0.15) is 63.0 Å². The summed E-state index contributed by atoms with van der Waals surface area (Å²) < 4.78 is 0. The van der Waals surface area contributed by atoms with Crippen molar-refractivity contribution in [2.75, 3.05) is 11.9 Å². The molecule has 4 aromatic rings. The number of imidazole rings is 1. The van der Waals surface area contributed by atoms with E-state index in [1.54, 1.807) is 0 Å². The zero-order valence-corrected chi connectivity index (χ0v) is 25.6. The third-order valence-corrected chi connectivity index (χ3v) is 9.71. The van der Waals surface area contributed by atoms with Crippen LogP contribution < -0.4 is 5.32 Å². The van der Waals surface area contributed by atoms with E-state index in [4.69, 9.17) is 11.6 Å². The second-order valence-electron chi connectivity index (χ2n) is 12.2. The van der Waals surface area contributed by atoms with Crippen LogP contribution >= 0.6 is 11.6 Å². The number of aliphatic hydroxyl groups is 1. The van der Waals surface area contributed by atoms with Crippen molar-refractivity contribution < 1.29 is 5.11 Å². The van der Waals surface area contributed by atoms with Gasteiger partial charge >= 0.3 is 0 Å². The first-order valence-corrected chi connectivity index (χ1v) is 16.1. The zero-order valence-electron chi connectivity index (χ0n) is 24.8. The smallest absolute Gasteiger partial charge is 0.139 e. The van der Waals surface area contributed by atoms with Crippen LogP contribution in [-0.4, -0.2) is 26.5 Å². The largest absolute Gasteiger partial charge is 0.511 e. The number of anilines is 2. The number of hydrogen-bond donors (Lipinski definition) is 3. The fraction of sp³-hybridized carbons (Fsp3) is 0.324. The molecule has 220 valence electrons. The first kappa shape index (κ1) is 27.8. The highest BCUT2D eigenvalue weighted by Gasteiger charge is 2.53. The van der Waals surface area contributed by atoms with Crippen LogP contribution in [0.3, 0.4) is 0 Å². The lowest BCUT2D eigenvalue weighted by atomic mass is 9.84. The Hall–Kier alpha value is -3.96. The average Bonchev–Trinajstić information content (AvgIpc) is 3.66. The number of halogens is 1. The molecule has 1 aromatic heterocycles. The molecule has 7 rings (SSSR count). The number of fused-ring (bicyclic) bond motifs is 1. The van der Waals surface area contributed by atoms with Crippen molar-refractivity contribution in [1.29, 1.82) is 0 Å². The molecule has 3 N–H and O–H groups in total. The molecule has 0 spiro atoms. The van der Waals surface area contributed by atoms with Crippen molar-refractivity contribution in [2.24, 2.45) is 5.41 Å². The van der Waals surface area contributed by atoms with Crippen LogP contribution in [-0.2, 0) is 13.0 Å². The molecule has 2 saturated carbocycles. The highest BCUT2D eigenvalue weighted by Crippen LogP contribution is 2.60. The maximum Gasteiger partial charge on any atom is 0.139 e. The highest BCUT2D eigenvalue weighted by atomic mass is 35.5. The predicted molar refractivity (Wildman–Crippen MR) is 176 cm³/mol. The molecule has 0 radical (unpaired) electrons. The van der Waals surface area contributed by atoms with Gasteiger partial charge in [0.25, 0.3) is 0 Å². The summed E-state index contributed by atoms with van der Waals surface area (Å²) in [6, 6.07) is 22.8. The van der Waals surface area contributed by atoms with Gasteiger partial charge in [0.1, 0.15) is 11.6 Å². The summed E-state index contributed by atoms with van der Waals surface area (Å²) in [7, 11) is 0. The maximum absolute atomic E-state index is 11.3. The van der Waals surface area contributed by atoms with E-state index in [0.717, 1.165) is 92.1 Å². The predicted octanol–water partition coefficient (Wildman–Crippen LogP) is 9.96. The van der Waals surface area contributed by atoms with Crippen molar-refractivity contribution in [3.63, 3.8) is 0 Å². The van der Waals surface area contributed by atoms with Crippen molar-refractivity contribution in [1.82, 2.24) is 14.9 Å². The third-order valence-electron chi connectivity index (χ3n) is 9.38. The van der Waals surface area contributed by atoms with Crippen LogP contribution in [0.15, 0.2) is 96.0 Å². The van der Waals surface area contributed by atoms with Gasteiger partial charge in [-0.3, -0.25) is 0 Å². The van der Waals surface area contributed by atoms with Gasteiger partial charge in [0, 0.05) is 35.7 Å². The second-order valence-corrected chi connectivity index (χ2v) is 12.6. The lowest BCUT2D eigenvalue weighted by Crippen LogP contribution is -2.35.